The van der Waals surface area contributed by atoms with Crippen molar-refractivity contribution < 1.29 is 28.3 Å². The van der Waals surface area contributed by atoms with Gasteiger partial charge in [-0.25, -0.2) is 0 Å². The molecule has 0 radical (unpaired) electrons. The van der Waals surface area contributed by atoms with E-state index < -0.39 is 15.9 Å². The van der Waals surface area contributed by atoms with E-state index >= 15 is 0 Å². The van der Waals surface area contributed by atoms with E-state index in [-0.39, 0.29) is 16.4 Å². The summed E-state index contributed by atoms with van der Waals surface area (Å²) in [6.07, 6.45) is 0. The van der Waals surface area contributed by atoms with Crippen LogP contribution in [0.15, 0.2) is 65.6 Å². The fraction of sp³-hybridized carbons (Fsp3) is 0. The molecular formula is C16H14O6S. The number of phenols is 3. The highest BCUT2D eigenvalue weighted by molar-refractivity contribution is 7.86. The summed E-state index contributed by atoms with van der Waals surface area (Å²) < 4.78 is 31.0. The summed E-state index contributed by atoms with van der Waals surface area (Å²) in [4.78, 5) is -0.0457. The third kappa shape index (κ3) is 3.91. The number of hydrogen-bond donors (Lipinski definition) is 4. The predicted octanol–water partition coefficient (Wildman–Crippen LogP) is 2.89. The van der Waals surface area contributed by atoms with Crippen molar-refractivity contribution in [2.24, 2.45) is 0 Å². The van der Waals surface area contributed by atoms with Crippen LogP contribution < -0.4 is 0 Å². The Morgan fingerprint density at radius 3 is 1.78 bits per heavy atom. The summed E-state index contributed by atoms with van der Waals surface area (Å²) >= 11 is 0. The predicted molar refractivity (Wildman–Crippen MR) is 85.2 cm³/mol. The molecule has 0 aliphatic carbocycles. The second-order valence-corrected chi connectivity index (χ2v) is 5.99. The molecule has 4 N–H and O–H groups in total. The molecule has 0 aliphatic rings. The SMILES string of the molecule is O=S(=O)(O)c1cccc2ccccc12.Oc1cccc(O)c1O. The van der Waals surface area contributed by atoms with Crippen molar-refractivity contribution in [3.05, 3.63) is 60.7 Å². The van der Waals surface area contributed by atoms with Gasteiger partial charge in [-0.05, 0) is 23.6 Å². The van der Waals surface area contributed by atoms with E-state index in [1.54, 1.807) is 30.3 Å². The van der Waals surface area contributed by atoms with Crippen molar-refractivity contribution in [1.82, 2.24) is 0 Å². The van der Waals surface area contributed by atoms with Gasteiger partial charge in [0.25, 0.3) is 10.1 Å². The largest absolute Gasteiger partial charge is 0.504 e. The quantitative estimate of drug-likeness (QED) is 0.402. The van der Waals surface area contributed by atoms with Crippen molar-refractivity contribution in [3.63, 3.8) is 0 Å². The van der Waals surface area contributed by atoms with Gasteiger partial charge in [-0.3, -0.25) is 4.55 Å². The monoisotopic (exact) mass is 334 g/mol. The van der Waals surface area contributed by atoms with Gasteiger partial charge >= 0.3 is 0 Å². The molecule has 0 unspecified atom stereocenters. The zero-order valence-corrected chi connectivity index (χ0v) is 12.6. The first-order valence-electron chi connectivity index (χ1n) is 6.46. The highest BCUT2D eigenvalue weighted by atomic mass is 32.2. The molecule has 3 rings (SSSR count). The Labute approximate surface area is 132 Å². The molecule has 3 aromatic carbocycles. The number of para-hydroxylation sites is 1. The Morgan fingerprint density at radius 2 is 1.22 bits per heavy atom. The molecule has 7 heteroatoms. The number of aromatic hydroxyl groups is 3. The van der Waals surface area contributed by atoms with Gasteiger partial charge in [-0.15, -0.1) is 0 Å². The lowest BCUT2D eigenvalue weighted by molar-refractivity contribution is 0.368. The first kappa shape index (κ1) is 16.6. The van der Waals surface area contributed by atoms with Crippen LogP contribution in [0.1, 0.15) is 0 Å². The maximum absolute atomic E-state index is 11.0. The third-order valence-corrected chi connectivity index (χ3v) is 3.93. The van der Waals surface area contributed by atoms with Crippen LogP contribution in [0.4, 0.5) is 0 Å². The summed E-state index contributed by atoms with van der Waals surface area (Å²) in [6.45, 7) is 0. The molecule has 0 fully saturated rings. The van der Waals surface area contributed by atoms with Gasteiger partial charge in [-0.2, -0.15) is 8.42 Å². The molecule has 6 nitrogen and oxygen atoms in total. The van der Waals surface area contributed by atoms with Crippen molar-refractivity contribution in [3.8, 4) is 17.2 Å². The molecule has 0 atom stereocenters. The summed E-state index contributed by atoms with van der Waals surface area (Å²) in [5.41, 5.74) is 0. The van der Waals surface area contributed by atoms with Crippen LogP contribution in [0.25, 0.3) is 10.8 Å². The van der Waals surface area contributed by atoms with E-state index in [0.29, 0.717) is 5.39 Å². The minimum atomic E-state index is -4.13. The van der Waals surface area contributed by atoms with Gasteiger partial charge < -0.3 is 15.3 Å². The molecule has 23 heavy (non-hydrogen) atoms. The van der Waals surface area contributed by atoms with E-state index in [1.165, 1.54) is 24.3 Å². The van der Waals surface area contributed by atoms with Crippen LogP contribution in [-0.2, 0) is 10.1 Å². The van der Waals surface area contributed by atoms with Gasteiger partial charge in [0.1, 0.15) is 4.90 Å². The van der Waals surface area contributed by atoms with Gasteiger partial charge in [0.05, 0.1) is 0 Å². The van der Waals surface area contributed by atoms with Crippen molar-refractivity contribution >= 4 is 20.9 Å². The van der Waals surface area contributed by atoms with Gasteiger partial charge in [-0.1, -0.05) is 42.5 Å². The zero-order chi connectivity index (χ0) is 17.0. The fourth-order valence-electron chi connectivity index (χ4n) is 1.94. The van der Waals surface area contributed by atoms with E-state index in [9.17, 15) is 8.42 Å². The topological polar surface area (TPSA) is 115 Å². The van der Waals surface area contributed by atoms with Crippen LogP contribution in [-0.4, -0.2) is 28.3 Å². The maximum atomic E-state index is 11.0. The second-order valence-electron chi connectivity index (χ2n) is 4.60. The molecule has 120 valence electrons. The number of benzene rings is 3. The Balaban J connectivity index is 0.000000185. The summed E-state index contributed by atoms with van der Waals surface area (Å²) in [5, 5.41) is 27.4. The molecule has 0 amide bonds. The molecule has 3 aromatic rings. The van der Waals surface area contributed by atoms with Crippen molar-refractivity contribution in [2.45, 2.75) is 4.90 Å². The average molecular weight is 334 g/mol. The Bertz CT molecular complexity index is 909. The van der Waals surface area contributed by atoms with E-state index in [1.807, 2.05) is 6.07 Å². The van der Waals surface area contributed by atoms with Crippen molar-refractivity contribution in [2.75, 3.05) is 0 Å². The molecule has 0 aliphatic heterocycles. The molecular weight excluding hydrogens is 320 g/mol. The van der Waals surface area contributed by atoms with E-state index in [0.717, 1.165) is 5.39 Å². The fourth-order valence-corrected chi connectivity index (χ4v) is 2.65. The molecule has 0 spiro atoms. The molecule has 0 bridgehead atoms. The molecule has 0 saturated carbocycles. The van der Waals surface area contributed by atoms with Crippen LogP contribution in [0.3, 0.4) is 0 Å². The Kier molecular flexibility index (Phi) is 4.73. The molecule has 0 heterocycles. The average Bonchev–Trinajstić information content (AvgIpc) is 2.52. The highest BCUT2D eigenvalue weighted by Gasteiger charge is 2.12. The minimum Gasteiger partial charge on any atom is -0.504 e. The standard InChI is InChI=1S/C10H8O3S.C6H6O3/c11-14(12,13)10-7-3-5-8-4-1-2-6-9(8)10;7-4-2-1-3-5(8)6(4)9/h1-7H,(H,11,12,13);1-3,7-9H. The summed E-state index contributed by atoms with van der Waals surface area (Å²) in [5.74, 6) is -1.09. The van der Waals surface area contributed by atoms with Gasteiger partial charge in [0.15, 0.2) is 17.2 Å². The highest BCUT2D eigenvalue weighted by Crippen LogP contribution is 2.32. The number of hydrogen-bond acceptors (Lipinski definition) is 5. The summed E-state index contributed by atoms with van der Waals surface area (Å²) in [6, 6.07) is 15.8. The minimum absolute atomic E-state index is 0.0457. The smallest absolute Gasteiger partial charge is 0.295 e. The number of phenolic OH excluding ortho intramolecular Hbond substituents is 3. The molecule has 0 aromatic heterocycles. The summed E-state index contributed by atoms with van der Waals surface area (Å²) in [7, 11) is -4.13. The van der Waals surface area contributed by atoms with Crippen LogP contribution in [0, 0.1) is 0 Å². The van der Waals surface area contributed by atoms with Crippen LogP contribution in [0.5, 0.6) is 17.2 Å². The first-order valence-corrected chi connectivity index (χ1v) is 7.90. The van der Waals surface area contributed by atoms with E-state index in [2.05, 4.69) is 0 Å². The lowest BCUT2D eigenvalue weighted by atomic mass is 10.1. The number of rotatable bonds is 1. The van der Waals surface area contributed by atoms with Crippen molar-refractivity contribution in [1.29, 1.82) is 0 Å². The van der Waals surface area contributed by atoms with Gasteiger partial charge in [0, 0.05) is 5.39 Å². The lowest BCUT2D eigenvalue weighted by Gasteiger charge is -2.02. The third-order valence-electron chi connectivity index (χ3n) is 3.02. The Hall–Kier alpha value is -2.77. The first-order chi connectivity index (χ1) is 10.8. The normalized spacial score (nSPS) is 10.8. The lowest BCUT2D eigenvalue weighted by Crippen LogP contribution is -1.98. The van der Waals surface area contributed by atoms with E-state index in [4.69, 9.17) is 19.9 Å². The zero-order valence-electron chi connectivity index (χ0n) is 11.8. The number of fused-ring (bicyclic) bond motifs is 1. The maximum Gasteiger partial charge on any atom is 0.295 e. The van der Waals surface area contributed by atoms with Gasteiger partial charge in [0.2, 0.25) is 0 Å². The Morgan fingerprint density at radius 1 is 0.696 bits per heavy atom. The molecule has 0 saturated heterocycles. The van der Waals surface area contributed by atoms with Crippen LogP contribution >= 0.6 is 0 Å². The second kappa shape index (κ2) is 6.55. The van der Waals surface area contributed by atoms with Crippen LogP contribution in [0.2, 0.25) is 0 Å².